The van der Waals surface area contributed by atoms with Gasteiger partial charge in [-0.05, 0) is 48.9 Å². The summed E-state index contributed by atoms with van der Waals surface area (Å²) in [7, 11) is 0. The van der Waals surface area contributed by atoms with Crippen LogP contribution in [0.2, 0.25) is 0 Å². The fraction of sp³-hybridized carbons (Fsp3) is 0.400. The van der Waals surface area contributed by atoms with Gasteiger partial charge in [0.25, 0.3) is 0 Å². The zero-order valence-corrected chi connectivity index (χ0v) is 14.8. The Labute approximate surface area is 141 Å². The second-order valence-electron chi connectivity index (χ2n) is 6.32. The normalized spacial score (nSPS) is 20.9. The summed E-state index contributed by atoms with van der Waals surface area (Å²) in [6.45, 7) is 4.25. The highest BCUT2D eigenvalue weighted by atomic mass is 79.9. The average molecular weight is 359 g/mol. The molecule has 2 heteroatoms. The van der Waals surface area contributed by atoms with Gasteiger partial charge in [-0.1, -0.05) is 64.5 Å². The summed E-state index contributed by atoms with van der Waals surface area (Å²) >= 11 is 3.51. The molecule has 0 amide bonds. The van der Waals surface area contributed by atoms with E-state index in [9.17, 15) is 0 Å². The van der Waals surface area contributed by atoms with Crippen LogP contribution in [0.5, 0.6) is 0 Å². The zero-order chi connectivity index (χ0) is 15.5. The van der Waals surface area contributed by atoms with Crippen molar-refractivity contribution in [3.05, 3.63) is 59.7 Å². The Morgan fingerprint density at radius 1 is 1.05 bits per heavy atom. The molecule has 2 aromatic carbocycles. The van der Waals surface area contributed by atoms with Crippen LogP contribution in [0.25, 0.3) is 11.1 Å². The van der Waals surface area contributed by atoms with Crippen molar-refractivity contribution >= 4 is 15.9 Å². The van der Waals surface area contributed by atoms with Crippen LogP contribution < -0.4 is 0 Å². The standard InChI is InChI=1S/C20H23BrO/c1-14(2)22-20-12-11-19(20)18-6-4-3-5-17(18)16-9-7-15(13-21)8-10-16/h3-10,14,19-20H,11-13H2,1-2H3. The summed E-state index contributed by atoms with van der Waals surface area (Å²) in [5.41, 5.74) is 5.40. The van der Waals surface area contributed by atoms with Gasteiger partial charge >= 0.3 is 0 Å². The lowest BCUT2D eigenvalue weighted by molar-refractivity contribution is -0.0509. The van der Waals surface area contributed by atoms with Crippen LogP contribution in [0.3, 0.4) is 0 Å². The van der Waals surface area contributed by atoms with Gasteiger partial charge in [0.1, 0.15) is 0 Å². The third kappa shape index (κ3) is 3.28. The van der Waals surface area contributed by atoms with Crippen molar-refractivity contribution in [2.75, 3.05) is 0 Å². The Hall–Kier alpha value is -1.12. The quantitative estimate of drug-likeness (QED) is 0.602. The van der Waals surface area contributed by atoms with Crippen molar-refractivity contribution in [2.45, 2.75) is 50.1 Å². The van der Waals surface area contributed by atoms with E-state index in [2.05, 4.69) is 78.3 Å². The molecule has 0 aromatic heterocycles. The Morgan fingerprint density at radius 2 is 1.77 bits per heavy atom. The second-order valence-corrected chi connectivity index (χ2v) is 6.89. The third-order valence-electron chi connectivity index (χ3n) is 4.44. The predicted molar refractivity (Wildman–Crippen MR) is 96.5 cm³/mol. The molecule has 2 unspecified atom stereocenters. The second kappa shape index (κ2) is 6.97. The molecule has 1 aliphatic carbocycles. The number of benzene rings is 2. The molecule has 0 spiro atoms. The van der Waals surface area contributed by atoms with Crippen molar-refractivity contribution < 1.29 is 4.74 Å². The van der Waals surface area contributed by atoms with Gasteiger partial charge in [0.05, 0.1) is 12.2 Å². The molecule has 2 atom stereocenters. The molecule has 1 aliphatic rings. The van der Waals surface area contributed by atoms with Gasteiger partial charge in [0.2, 0.25) is 0 Å². The van der Waals surface area contributed by atoms with Crippen molar-refractivity contribution in [3.8, 4) is 11.1 Å². The molecule has 1 fully saturated rings. The lowest BCUT2D eigenvalue weighted by atomic mass is 9.74. The maximum Gasteiger partial charge on any atom is 0.0647 e. The highest BCUT2D eigenvalue weighted by Crippen LogP contribution is 2.43. The van der Waals surface area contributed by atoms with Crippen LogP contribution in [0, 0.1) is 0 Å². The molecule has 1 nitrogen and oxygen atoms in total. The Bertz CT molecular complexity index is 618. The molecule has 0 radical (unpaired) electrons. The van der Waals surface area contributed by atoms with E-state index in [0.717, 1.165) is 5.33 Å². The number of hydrogen-bond acceptors (Lipinski definition) is 1. The van der Waals surface area contributed by atoms with Crippen molar-refractivity contribution in [1.82, 2.24) is 0 Å². The zero-order valence-electron chi connectivity index (χ0n) is 13.3. The summed E-state index contributed by atoms with van der Waals surface area (Å²) in [5.74, 6) is 0.537. The first kappa shape index (κ1) is 15.8. The molecule has 0 N–H and O–H groups in total. The molecule has 3 rings (SSSR count). The van der Waals surface area contributed by atoms with Gasteiger partial charge in [-0.2, -0.15) is 0 Å². The van der Waals surface area contributed by atoms with E-state index in [-0.39, 0.29) is 0 Å². The molecule has 1 saturated carbocycles. The average Bonchev–Trinajstić information content (AvgIpc) is 2.52. The van der Waals surface area contributed by atoms with E-state index in [4.69, 9.17) is 4.74 Å². The largest absolute Gasteiger partial charge is 0.375 e. The molecule has 0 bridgehead atoms. The fourth-order valence-corrected chi connectivity index (χ4v) is 3.57. The third-order valence-corrected chi connectivity index (χ3v) is 5.08. The van der Waals surface area contributed by atoms with E-state index in [1.54, 1.807) is 0 Å². The van der Waals surface area contributed by atoms with Crippen LogP contribution in [0.1, 0.15) is 43.7 Å². The van der Waals surface area contributed by atoms with Gasteiger partial charge in [-0.3, -0.25) is 0 Å². The SMILES string of the molecule is CC(C)OC1CCC1c1ccccc1-c1ccc(CBr)cc1. The van der Waals surface area contributed by atoms with E-state index in [0.29, 0.717) is 18.1 Å². The first-order valence-corrected chi connectivity index (χ1v) is 9.21. The first-order chi connectivity index (χ1) is 10.7. The van der Waals surface area contributed by atoms with E-state index in [1.165, 1.54) is 35.1 Å². The topological polar surface area (TPSA) is 9.23 Å². The van der Waals surface area contributed by atoms with Crippen molar-refractivity contribution in [2.24, 2.45) is 0 Å². The minimum Gasteiger partial charge on any atom is -0.375 e. The van der Waals surface area contributed by atoms with Gasteiger partial charge in [0.15, 0.2) is 0 Å². The minimum absolute atomic E-state index is 0.304. The lowest BCUT2D eigenvalue weighted by Gasteiger charge is -2.39. The van der Waals surface area contributed by atoms with Crippen molar-refractivity contribution in [1.29, 1.82) is 0 Å². The van der Waals surface area contributed by atoms with Gasteiger partial charge in [-0.15, -0.1) is 0 Å². The molecule has 0 aliphatic heterocycles. The first-order valence-electron chi connectivity index (χ1n) is 8.08. The summed E-state index contributed by atoms with van der Waals surface area (Å²) in [6, 6.07) is 17.6. The van der Waals surface area contributed by atoms with E-state index < -0.39 is 0 Å². The van der Waals surface area contributed by atoms with Gasteiger partial charge in [0, 0.05) is 11.2 Å². The van der Waals surface area contributed by atoms with Crippen LogP contribution >= 0.6 is 15.9 Å². The van der Waals surface area contributed by atoms with Crippen LogP contribution in [-0.2, 0) is 10.1 Å². The van der Waals surface area contributed by atoms with Crippen LogP contribution in [0.15, 0.2) is 48.5 Å². The molecule has 2 aromatic rings. The molecular formula is C20H23BrO. The highest BCUT2D eigenvalue weighted by molar-refractivity contribution is 9.08. The maximum absolute atomic E-state index is 6.07. The molecule has 0 saturated heterocycles. The Kier molecular flexibility index (Phi) is 5.00. The monoisotopic (exact) mass is 358 g/mol. The smallest absolute Gasteiger partial charge is 0.0647 e. The lowest BCUT2D eigenvalue weighted by Crippen LogP contribution is -2.34. The maximum atomic E-state index is 6.07. The molecule has 0 heterocycles. The van der Waals surface area contributed by atoms with Crippen LogP contribution in [0.4, 0.5) is 0 Å². The predicted octanol–water partition coefficient (Wildman–Crippen LogP) is 5.92. The van der Waals surface area contributed by atoms with Crippen LogP contribution in [-0.4, -0.2) is 12.2 Å². The van der Waals surface area contributed by atoms with Crippen molar-refractivity contribution in [3.63, 3.8) is 0 Å². The number of ether oxygens (including phenoxy) is 1. The van der Waals surface area contributed by atoms with Gasteiger partial charge < -0.3 is 4.74 Å². The highest BCUT2D eigenvalue weighted by Gasteiger charge is 2.34. The summed E-state index contributed by atoms with van der Waals surface area (Å²) in [6.07, 6.45) is 3.09. The minimum atomic E-state index is 0.304. The number of halogens is 1. The summed E-state index contributed by atoms with van der Waals surface area (Å²) in [5, 5.41) is 0.905. The summed E-state index contributed by atoms with van der Waals surface area (Å²) in [4.78, 5) is 0. The summed E-state index contributed by atoms with van der Waals surface area (Å²) < 4.78 is 6.07. The number of rotatable bonds is 5. The number of alkyl halides is 1. The van der Waals surface area contributed by atoms with Gasteiger partial charge in [-0.25, -0.2) is 0 Å². The molecule has 116 valence electrons. The Balaban J connectivity index is 1.89. The van der Waals surface area contributed by atoms with E-state index >= 15 is 0 Å². The number of hydrogen-bond donors (Lipinski definition) is 0. The Morgan fingerprint density at radius 3 is 2.36 bits per heavy atom. The molecular weight excluding hydrogens is 336 g/mol. The molecule has 22 heavy (non-hydrogen) atoms. The van der Waals surface area contributed by atoms with E-state index in [1.807, 2.05) is 0 Å². The fourth-order valence-electron chi connectivity index (χ4n) is 3.19.